The Labute approximate surface area is 206 Å². The van der Waals surface area contributed by atoms with Crippen molar-refractivity contribution in [3.05, 3.63) is 78.8 Å². The maximum absolute atomic E-state index is 13.1. The number of amides is 2. The number of carbonyl (C=O) groups is 1. The number of anilines is 2. The van der Waals surface area contributed by atoms with Gasteiger partial charge in [0.25, 0.3) is 0 Å². The van der Waals surface area contributed by atoms with Crippen LogP contribution in [0.25, 0.3) is 16.8 Å². The Morgan fingerprint density at radius 1 is 1.09 bits per heavy atom. The number of methoxy groups -OCH3 is 1. The molecule has 35 heavy (non-hydrogen) atoms. The Hall–Kier alpha value is -4.00. The van der Waals surface area contributed by atoms with E-state index >= 15 is 0 Å². The first kappa shape index (κ1) is 22.8. The van der Waals surface area contributed by atoms with Gasteiger partial charge in [0.2, 0.25) is 0 Å². The van der Waals surface area contributed by atoms with E-state index in [2.05, 4.69) is 28.0 Å². The summed E-state index contributed by atoms with van der Waals surface area (Å²) in [4.78, 5) is 22.1. The second kappa shape index (κ2) is 9.70. The Kier molecular flexibility index (Phi) is 6.31. The molecule has 2 aromatic carbocycles. The molecule has 4 aromatic rings. The highest BCUT2D eigenvalue weighted by Crippen LogP contribution is 2.33. The summed E-state index contributed by atoms with van der Waals surface area (Å²) in [5, 5.41) is 3.06. The summed E-state index contributed by atoms with van der Waals surface area (Å²) in [5.41, 5.74) is 4.90. The van der Waals surface area contributed by atoms with Crippen molar-refractivity contribution in [1.29, 1.82) is 0 Å². The van der Waals surface area contributed by atoms with E-state index in [0.717, 1.165) is 59.1 Å². The molecule has 0 bridgehead atoms. The zero-order valence-corrected chi connectivity index (χ0v) is 20.4. The number of piperidine rings is 1. The maximum Gasteiger partial charge on any atom is 0.321 e. The molecule has 5 rings (SSSR count). The summed E-state index contributed by atoms with van der Waals surface area (Å²) in [6.07, 6.45) is 3.99. The van der Waals surface area contributed by atoms with Gasteiger partial charge in [-0.25, -0.2) is 9.78 Å². The van der Waals surface area contributed by atoms with Crippen molar-refractivity contribution >= 4 is 22.9 Å². The second-order valence-electron chi connectivity index (χ2n) is 9.16. The van der Waals surface area contributed by atoms with Gasteiger partial charge in [-0.15, -0.1) is 0 Å². The number of imidazole rings is 1. The Morgan fingerprint density at radius 3 is 2.69 bits per heavy atom. The van der Waals surface area contributed by atoms with Crippen molar-refractivity contribution in [2.45, 2.75) is 18.8 Å². The molecule has 7 heteroatoms. The standard InChI is InChI=1S/C28H31N5O2/c1-31(2)23-14-12-22(13-15-23)29-28(34)32-16-7-9-21(19-32)27-30-26(25-11-4-5-17-33(25)27)20-8-6-10-24(18-20)35-3/h4-6,8,10-15,17-18,21H,7,9,16,19H2,1-3H3,(H,29,34)/t21-/m1/s1. The zero-order chi connectivity index (χ0) is 24.4. The molecule has 1 aliphatic heterocycles. The molecule has 1 aliphatic rings. The number of carbonyl (C=O) groups excluding carboxylic acids is 1. The first-order valence-corrected chi connectivity index (χ1v) is 12.0. The lowest BCUT2D eigenvalue weighted by atomic mass is 9.97. The number of pyridine rings is 1. The molecule has 7 nitrogen and oxygen atoms in total. The minimum Gasteiger partial charge on any atom is -0.497 e. The molecular weight excluding hydrogens is 438 g/mol. The van der Waals surface area contributed by atoms with Crippen molar-refractivity contribution in [2.75, 3.05) is 44.5 Å². The van der Waals surface area contributed by atoms with Crippen LogP contribution in [0.5, 0.6) is 5.75 Å². The van der Waals surface area contributed by atoms with Gasteiger partial charge in [0, 0.05) is 56.2 Å². The van der Waals surface area contributed by atoms with Crippen molar-refractivity contribution in [2.24, 2.45) is 0 Å². The first-order chi connectivity index (χ1) is 17.0. The molecule has 0 saturated carbocycles. The third-order valence-corrected chi connectivity index (χ3v) is 6.63. The van der Waals surface area contributed by atoms with E-state index in [4.69, 9.17) is 9.72 Å². The minimum atomic E-state index is -0.0683. The van der Waals surface area contributed by atoms with Crippen LogP contribution in [0.15, 0.2) is 72.9 Å². The molecule has 2 aromatic heterocycles. The molecule has 0 spiro atoms. The van der Waals surface area contributed by atoms with Crippen LogP contribution in [-0.2, 0) is 0 Å². The number of rotatable bonds is 5. The Morgan fingerprint density at radius 2 is 1.91 bits per heavy atom. The predicted molar refractivity (Wildman–Crippen MR) is 141 cm³/mol. The lowest BCUT2D eigenvalue weighted by Crippen LogP contribution is -2.42. The first-order valence-electron chi connectivity index (χ1n) is 12.0. The SMILES string of the molecule is COc1cccc(-c2nc([C@@H]3CCCN(C(=O)Nc4ccc(N(C)C)cc4)C3)n3ccccc23)c1. The average Bonchev–Trinajstić information content (AvgIpc) is 3.29. The van der Waals surface area contributed by atoms with Crippen LogP contribution in [0.4, 0.5) is 16.2 Å². The van der Waals surface area contributed by atoms with Gasteiger partial charge in [-0.3, -0.25) is 0 Å². The van der Waals surface area contributed by atoms with Gasteiger partial charge in [-0.1, -0.05) is 18.2 Å². The fourth-order valence-electron chi connectivity index (χ4n) is 4.75. The smallest absolute Gasteiger partial charge is 0.321 e. The summed E-state index contributed by atoms with van der Waals surface area (Å²) in [6.45, 7) is 1.37. The summed E-state index contributed by atoms with van der Waals surface area (Å²) in [5.74, 6) is 1.95. The largest absolute Gasteiger partial charge is 0.497 e. The van der Waals surface area contributed by atoms with Crippen LogP contribution in [0.1, 0.15) is 24.6 Å². The fourth-order valence-corrected chi connectivity index (χ4v) is 4.75. The normalized spacial score (nSPS) is 15.7. The van der Waals surface area contributed by atoms with Crippen LogP contribution in [0.3, 0.4) is 0 Å². The third-order valence-electron chi connectivity index (χ3n) is 6.63. The topological polar surface area (TPSA) is 62.1 Å². The van der Waals surface area contributed by atoms with E-state index < -0.39 is 0 Å². The lowest BCUT2D eigenvalue weighted by molar-refractivity contribution is 0.191. The molecular formula is C28H31N5O2. The fraction of sp³-hybridized carbons (Fsp3) is 0.286. The average molecular weight is 470 g/mol. The molecule has 0 radical (unpaired) electrons. The third kappa shape index (κ3) is 4.67. The number of nitrogens with one attached hydrogen (secondary N) is 1. The van der Waals surface area contributed by atoms with E-state index in [1.54, 1.807) is 7.11 Å². The Bertz CT molecular complexity index is 1330. The number of aromatic nitrogens is 2. The van der Waals surface area contributed by atoms with Crippen LogP contribution in [-0.4, -0.2) is 54.6 Å². The predicted octanol–water partition coefficient (Wildman–Crippen LogP) is 5.49. The molecule has 2 amide bonds. The number of hydrogen-bond acceptors (Lipinski definition) is 4. The molecule has 1 fully saturated rings. The molecule has 1 saturated heterocycles. The number of likely N-dealkylation sites (tertiary alicyclic amines) is 1. The summed E-state index contributed by atoms with van der Waals surface area (Å²) in [7, 11) is 5.68. The molecule has 1 N–H and O–H groups in total. The van der Waals surface area contributed by atoms with Crippen molar-refractivity contribution < 1.29 is 9.53 Å². The van der Waals surface area contributed by atoms with Gasteiger partial charge in [-0.05, 0) is 61.4 Å². The number of hydrogen-bond donors (Lipinski definition) is 1. The second-order valence-corrected chi connectivity index (χ2v) is 9.16. The number of benzene rings is 2. The van der Waals surface area contributed by atoms with Gasteiger partial charge in [0.05, 0.1) is 18.3 Å². The highest BCUT2D eigenvalue weighted by Gasteiger charge is 2.28. The van der Waals surface area contributed by atoms with Crippen molar-refractivity contribution in [1.82, 2.24) is 14.3 Å². The summed E-state index contributed by atoms with van der Waals surface area (Å²) < 4.78 is 7.60. The van der Waals surface area contributed by atoms with E-state index in [9.17, 15) is 4.79 Å². The molecule has 1 atom stereocenters. The van der Waals surface area contributed by atoms with Crippen LogP contribution >= 0.6 is 0 Å². The summed E-state index contributed by atoms with van der Waals surface area (Å²) in [6, 6.07) is 22.0. The summed E-state index contributed by atoms with van der Waals surface area (Å²) >= 11 is 0. The van der Waals surface area contributed by atoms with E-state index in [1.165, 1.54) is 0 Å². The Balaban J connectivity index is 1.39. The number of nitrogens with zero attached hydrogens (tertiary/aromatic N) is 4. The maximum atomic E-state index is 13.1. The van der Waals surface area contributed by atoms with Gasteiger partial charge < -0.3 is 24.3 Å². The van der Waals surface area contributed by atoms with Gasteiger partial charge in [0.1, 0.15) is 11.6 Å². The monoisotopic (exact) mass is 469 g/mol. The molecule has 0 aliphatic carbocycles. The van der Waals surface area contributed by atoms with Crippen molar-refractivity contribution in [3.8, 4) is 17.0 Å². The zero-order valence-electron chi connectivity index (χ0n) is 20.4. The number of urea groups is 1. The molecule has 0 unspecified atom stereocenters. The minimum absolute atomic E-state index is 0.0683. The van der Waals surface area contributed by atoms with Crippen molar-refractivity contribution in [3.63, 3.8) is 0 Å². The highest BCUT2D eigenvalue weighted by molar-refractivity contribution is 5.89. The van der Waals surface area contributed by atoms with E-state index in [0.29, 0.717) is 6.54 Å². The quantitative estimate of drug-likeness (QED) is 0.420. The lowest BCUT2D eigenvalue weighted by Gasteiger charge is -2.32. The molecule has 3 heterocycles. The van der Waals surface area contributed by atoms with Gasteiger partial charge in [-0.2, -0.15) is 0 Å². The molecule has 180 valence electrons. The van der Waals surface area contributed by atoms with Crippen LogP contribution < -0.4 is 15.0 Å². The highest BCUT2D eigenvalue weighted by atomic mass is 16.5. The van der Waals surface area contributed by atoms with Gasteiger partial charge in [0.15, 0.2) is 0 Å². The number of ether oxygens (including phenoxy) is 1. The van der Waals surface area contributed by atoms with E-state index in [-0.39, 0.29) is 11.9 Å². The van der Waals surface area contributed by atoms with Gasteiger partial charge >= 0.3 is 6.03 Å². The number of fused-ring (bicyclic) bond motifs is 1. The van der Waals surface area contributed by atoms with Crippen LogP contribution in [0, 0.1) is 0 Å². The van der Waals surface area contributed by atoms with E-state index in [1.807, 2.05) is 78.5 Å². The van der Waals surface area contributed by atoms with Crippen LogP contribution in [0.2, 0.25) is 0 Å².